The smallest absolute Gasteiger partial charge is 0.255 e. The standard InChI is InChI=1S/C14H20FN3O2/c1-17-5-6-18(2)11(9-17)8-16-14(20)12-7-10(15)3-4-13(12)19/h3-4,7,11,19H,5-6,8-9H2,1-2H3,(H,16,20). The molecule has 2 N–H and O–H groups in total. The van der Waals surface area contributed by atoms with Crippen molar-refractivity contribution >= 4 is 5.91 Å². The second-order valence-electron chi connectivity index (χ2n) is 5.27. The Hall–Kier alpha value is -1.66. The molecule has 0 spiro atoms. The second kappa shape index (κ2) is 6.19. The van der Waals surface area contributed by atoms with E-state index in [0.29, 0.717) is 6.54 Å². The number of phenols is 1. The van der Waals surface area contributed by atoms with Crippen LogP contribution in [0.25, 0.3) is 0 Å². The molecule has 1 aromatic carbocycles. The number of carbonyl (C=O) groups excluding carboxylic acids is 1. The summed E-state index contributed by atoms with van der Waals surface area (Å²) in [7, 11) is 4.06. The molecule has 1 heterocycles. The normalized spacial score (nSPS) is 20.9. The van der Waals surface area contributed by atoms with E-state index in [4.69, 9.17) is 0 Å². The van der Waals surface area contributed by atoms with Crippen molar-refractivity contribution in [1.82, 2.24) is 15.1 Å². The molecular formula is C14H20FN3O2. The number of rotatable bonds is 3. The third-order valence-corrected chi connectivity index (χ3v) is 3.68. The van der Waals surface area contributed by atoms with Gasteiger partial charge in [-0.1, -0.05) is 0 Å². The number of piperazine rings is 1. The number of hydrogen-bond donors (Lipinski definition) is 2. The molecule has 0 saturated carbocycles. The summed E-state index contributed by atoms with van der Waals surface area (Å²) in [5.41, 5.74) is -0.0307. The van der Waals surface area contributed by atoms with Crippen molar-refractivity contribution in [2.45, 2.75) is 6.04 Å². The summed E-state index contributed by atoms with van der Waals surface area (Å²) in [4.78, 5) is 16.4. The van der Waals surface area contributed by atoms with Crippen LogP contribution in [0.15, 0.2) is 18.2 Å². The Bertz CT molecular complexity index is 495. The molecule has 110 valence electrons. The lowest BCUT2D eigenvalue weighted by Crippen LogP contribution is -2.54. The van der Waals surface area contributed by atoms with Gasteiger partial charge in [0.1, 0.15) is 11.6 Å². The van der Waals surface area contributed by atoms with Gasteiger partial charge in [-0.05, 0) is 32.3 Å². The van der Waals surface area contributed by atoms with Crippen molar-refractivity contribution in [2.75, 3.05) is 40.3 Å². The molecule has 20 heavy (non-hydrogen) atoms. The lowest BCUT2D eigenvalue weighted by Gasteiger charge is -2.37. The van der Waals surface area contributed by atoms with Gasteiger partial charge in [-0.15, -0.1) is 0 Å². The van der Waals surface area contributed by atoms with Crippen LogP contribution < -0.4 is 5.32 Å². The molecule has 6 heteroatoms. The predicted molar refractivity (Wildman–Crippen MR) is 74.3 cm³/mol. The number of aromatic hydroxyl groups is 1. The topological polar surface area (TPSA) is 55.8 Å². The highest BCUT2D eigenvalue weighted by atomic mass is 19.1. The number of carbonyl (C=O) groups is 1. The average Bonchev–Trinajstić information content (AvgIpc) is 2.42. The average molecular weight is 281 g/mol. The molecule has 1 amide bonds. The fourth-order valence-corrected chi connectivity index (χ4v) is 2.32. The van der Waals surface area contributed by atoms with Crippen molar-refractivity contribution < 1.29 is 14.3 Å². The lowest BCUT2D eigenvalue weighted by atomic mass is 10.1. The molecule has 1 aliphatic rings. The van der Waals surface area contributed by atoms with Gasteiger partial charge in [0.15, 0.2) is 0 Å². The molecular weight excluding hydrogens is 261 g/mol. The maximum Gasteiger partial charge on any atom is 0.255 e. The van der Waals surface area contributed by atoms with Crippen LogP contribution in [0.5, 0.6) is 5.75 Å². The van der Waals surface area contributed by atoms with Crippen LogP contribution >= 0.6 is 0 Å². The Balaban J connectivity index is 1.96. The van der Waals surface area contributed by atoms with Gasteiger partial charge in [-0.3, -0.25) is 9.69 Å². The van der Waals surface area contributed by atoms with Gasteiger partial charge in [0.2, 0.25) is 0 Å². The first-order valence-electron chi connectivity index (χ1n) is 6.63. The number of benzene rings is 1. The van der Waals surface area contributed by atoms with E-state index in [1.54, 1.807) is 0 Å². The van der Waals surface area contributed by atoms with Gasteiger partial charge in [0.05, 0.1) is 5.56 Å². The summed E-state index contributed by atoms with van der Waals surface area (Å²) in [6, 6.07) is 3.57. The van der Waals surface area contributed by atoms with Gasteiger partial charge in [-0.25, -0.2) is 4.39 Å². The van der Waals surface area contributed by atoms with Crippen LogP contribution in [0, 0.1) is 5.82 Å². The first-order chi connectivity index (χ1) is 9.47. The first kappa shape index (κ1) is 14.7. The first-order valence-corrected chi connectivity index (χ1v) is 6.63. The maximum absolute atomic E-state index is 13.1. The van der Waals surface area contributed by atoms with E-state index in [0.717, 1.165) is 31.8 Å². The zero-order valence-corrected chi connectivity index (χ0v) is 11.8. The molecule has 1 fully saturated rings. The van der Waals surface area contributed by atoms with Gasteiger partial charge in [-0.2, -0.15) is 0 Å². The highest BCUT2D eigenvalue weighted by Crippen LogP contribution is 2.17. The number of hydrogen-bond acceptors (Lipinski definition) is 4. The third-order valence-electron chi connectivity index (χ3n) is 3.68. The van der Waals surface area contributed by atoms with E-state index in [1.807, 2.05) is 14.1 Å². The number of likely N-dealkylation sites (N-methyl/N-ethyl adjacent to an activating group) is 2. The van der Waals surface area contributed by atoms with E-state index in [9.17, 15) is 14.3 Å². The Morgan fingerprint density at radius 3 is 2.95 bits per heavy atom. The number of nitrogens with zero attached hydrogens (tertiary/aromatic N) is 2. The van der Waals surface area contributed by atoms with Gasteiger partial charge < -0.3 is 15.3 Å². The third kappa shape index (κ3) is 3.46. The highest BCUT2D eigenvalue weighted by molar-refractivity contribution is 5.96. The Labute approximate surface area is 118 Å². The molecule has 1 saturated heterocycles. The Morgan fingerprint density at radius 1 is 1.45 bits per heavy atom. The van der Waals surface area contributed by atoms with Crippen LogP contribution in [-0.2, 0) is 0 Å². The quantitative estimate of drug-likeness (QED) is 0.847. The number of halogens is 1. The minimum atomic E-state index is -0.539. The van der Waals surface area contributed by atoms with Crippen LogP contribution in [-0.4, -0.2) is 67.1 Å². The fourth-order valence-electron chi connectivity index (χ4n) is 2.32. The van der Waals surface area contributed by atoms with Crippen LogP contribution in [0.2, 0.25) is 0 Å². The van der Waals surface area contributed by atoms with Crippen molar-refractivity contribution in [2.24, 2.45) is 0 Å². The van der Waals surface area contributed by atoms with E-state index in [-0.39, 0.29) is 17.4 Å². The molecule has 1 unspecified atom stereocenters. The zero-order chi connectivity index (χ0) is 14.7. The van der Waals surface area contributed by atoms with Crippen molar-refractivity contribution in [1.29, 1.82) is 0 Å². The van der Waals surface area contributed by atoms with Gasteiger partial charge in [0, 0.05) is 32.2 Å². The number of phenolic OH excluding ortho intramolecular Hbond substituents is 1. The molecule has 1 aliphatic heterocycles. The van der Waals surface area contributed by atoms with E-state index in [1.165, 1.54) is 6.07 Å². The van der Waals surface area contributed by atoms with Gasteiger partial charge >= 0.3 is 0 Å². The molecule has 0 aromatic heterocycles. The summed E-state index contributed by atoms with van der Waals surface area (Å²) >= 11 is 0. The summed E-state index contributed by atoms with van der Waals surface area (Å²) in [6.45, 7) is 3.29. The Morgan fingerprint density at radius 2 is 2.20 bits per heavy atom. The van der Waals surface area contributed by atoms with Gasteiger partial charge in [0.25, 0.3) is 5.91 Å². The SMILES string of the molecule is CN1CCN(C)C(CNC(=O)c2cc(F)ccc2O)C1. The maximum atomic E-state index is 13.1. The highest BCUT2D eigenvalue weighted by Gasteiger charge is 2.23. The van der Waals surface area contributed by atoms with E-state index >= 15 is 0 Å². The van der Waals surface area contributed by atoms with E-state index in [2.05, 4.69) is 15.1 Å². The lowest BCUT2D eigenvalue weighted by molar-refractivity contribution is 0.0878. The second-order valence-corrected chi connectivity index (χ2v) is 5.27. The molecule has 2 rings (SSSR count). The monoisotopic (exact) mass is 281 g/mol. The molecule has 0 aliphatic carbocycles. The van der Waals surface area contributed by atoms with Crippen LogP contribution in [0.4, 0.5) is 4.39 Å². The van der Waals surface area contributed by atoms with Crippen LogP contribution in [0.1, 0.15) is 10.4 Å². The molecule has 0 radical (unpaired) electrons. The van der Waals surface area contributed by atoms with Crippen molar-refractivity contribution in [3.05, 3.63) is 29.6 Å². The summed E-state index contributed by atoms with van der Waals surface area (Å²) in [6.07, 6.45) is 0. The minimum Gasteiger partial charge on any atom is -0.507 e. The summed E-state index contributed by atoms with van der Waals surface area (Å²) in [5, 5.41) is 12.3. The van der Waals surface area contributed by atoms with Crippen molar-refractivity contribution in [3.63, 3.8) is 0 Å². The molecule has 0 bridgehead atoms. The molecule has 5 nitrogen and oxygen atoms in total. The van der Waals surface area contributed by atoms with E-state index < -0.39 is 11.7 Å². The van der Waals surface area contributed by atoms with Crippen molar-refractivity contribution in [3.8, 4) is 5.75 Å². The number of nitrogens with one attached hydrogen (secondary N) is 1. The molecule has 1 atom stereocenters. The zero-order valence-electron chi connectivity index (χ0n) is 11.8. The largest absolute Gasteiger partial charge is 0.507 e. The Kier molecular flexibility index (Phi) is 4.57. The number of amides is 1. The summed E-state index contributed by atoms with van der Waals surface area (Å²) in [5.74, 6) is -1.20. The minimum absolute atomic E-state index is 0.0307. The van der Waals surface area contributed by atoms with Crippen LogP contribution in [0.3, 0.4) is 0 Å². The predicted octanol–water partition coefficient (Wildman–Crippen LogP) is 0.507. The summed E-state index contributed by atoms with van der Waals surface area (Å²) < 4.78 is 13.1. The molecule has 1 aromatic rings. The fraction of sp³-hybridized carbons (Fsp3) is 0.500.